The van der Waals surface area contributed by atoms with Gasteiger partial charge in [0.1, 0.15) is 53.6 Å². The Hall–Kier alpha value is -2.31. The Morgan fingerprint density at radius 3 is 1.15 bits per heavy atom. The minimum Gasteiger partial charge on any atom is -0.459 e. The molecule has 0 unspecified atom stereocenters. The average Bonchev–Trinajstić information content (AvgIpc) is 0.778. The van der Waals surface area contributed by atoms with Crippen molar-refractivity contribution in [3.63, 3.8) is 0 Å². The van der Waals surface area contributed by atoms with Crippen molar-refractivity contribution >= 4 is 17.7 Å². The third-order valence-electron chi connectivity index (χ3n) is 23.9. The van der Waals surface area contributed by atoms with Gasteiger partial charge in [-0.05, 0) is 156 Å². The number of aliphatic hydroxyl groups is 11. The number of nitrogens with zero attached hydrogens (tertiary/aromatic N) is 2. The van der Waals surface area contributed by atoms with E-state index in [9.17, 15) is 70.6 Å². The average molecular weight is 1470 g/mol. The number of aliphatic hydroxyl groups excluding tert-OH is 7. The number of methoxy groups -OCH3 is 2. The lowest BCUT2D eigenvalue weighted by Crippen LogP contribution is -2.61. The van der Waals surface area contributed by atoms with Crippen molar-refractivity contribution in [1.29, 1.82) is 0 Å². The number of esters is 2. The van der Waals surface area contributed by atoms with Gasteiger partial charge in [-0.15, -0.1) is 0 Å². The van der Waals surface area contributed by atoms with Gasteiger partial charge < -0.3 is 123 Å². The number of carbonyl (C=O) groups is 3. The molecule has 0 bridgehead atoms. The van der Waals surface area contributed by atoms with Gasteiger partial charge in [-0.2, -0.15) is 0 Å². The topological polar surface area (TPSA) is 391 Å². The highest BCUT2D eigenvalue weighted by Gasteiger charge is 2.57. The van der Waals surface area contributed by atoms with Gasteiger partial charge in [0.05, 0.1) is 101 Å². The van der Waals surface area contributed by atoms with Crippen molar-refractivity contribution in [1.82, 2.24) is 9.80 Å². The van der Waals surface area contributed by atoms with Gasteiger partial charge in [-0.1, -0.05) is 55.4 Å². The van der Waals surface area contributed by atoms with Gasteiger partial charge in [0.2, 0.25) is 0 Å². The molecule has 6 fully saturated rings. The molecular formula is C74H136N2O26. The van der Waals surface area contributed by atoms with Crippen molar-refractivity contribution in [2.24, 2.45) is 47.3 Å². The molecule has 11 N–H and O–H groups in total. The summed E-state index contributed by atoms with van der Waals surface area (Å²) in [4.78, 5) is 45.7. The van der Waals surface area contributed by atoms with Crippen LogP contribution in [0.5, 0.6) is 0 Å². The summed E-state index contributed by atoms with van der Waals surface area (Å²) in [6.45, 7) is 33.0. The molecule has 6 saturated heterocycles. The van der Waals surface area contributed by atoms with E-state index in [1.807, 2.05) is 51.8 Å². The Morgan fingerprint density at radius 1 is 0.451 bits per heavy atom. The monoisotopic (exact) mass is 1470 g/mol. The van der Waals surface area contributed by atoms with E-state index in [0.29, 0.717) is 12.8 Å². The fourth-order valence-corrected chi connectivity index (χ4v) is 17.0. The number of carbonyl (C=O) groups excluding carboxylic acids is 3. The van der Waals surface area contributed by atoms with E-state index in [2.05, 4.69) is 0 Å². The van der Waals surface area contributed by atoms with E-state index in [1.54, 1.807) is 96.9 Å². The standard InChI is InChI=1S/C37H69NO13.C37H67NO13/c2*1-14-25-37(10,45)30(41)20(4)27(39)18(2)16-35(8,44)32(51-34-28(40)24(38(11)12)15-19(3)47-34)21(5)29(22(6)33(43)49-25)50-26-17-36(9,46-13)31(42)23(7)48-26/h18-32,34,39-42,44-45H,14-17H2,1-13H3;18-26,28-32,34,40-42,44-45H,14-17H2,1-13H3/t18-,19-,20+,21+,22-,23+,24+,25-,26+,27+,28-,29+,30-,31+,32-,34+,35-,36-,37-;18-,19-,20+,21+,22-,23+,24+,25-,26+,28-,29+,30-,31+,32-,34+,35-,36-,37-/m11/s1. The second-order valence-electron chi connectivity index (χ2n) is 33.2. The highest BCUT2D eigenvalue weighted by Crippen LogP contribution is 2.45. The second-order valence-corrected chi connectivity index (χ2v) is 33.2. The fraction of sp³-hybridized carbons (Fsp3) is 0.959. The molecule has 0 aromatic carbocycles. The van der Waals surface area contributed by atoms with Crippen LogP contribution in [0.2, 0.25) is 0 Å². The lowest BCUT2D eigenvalue weighted by molar-refractivity contribution is -0.318. The van der Waals surface area contributed by atoms with Crippen LogP contribution in [0.3, 0.4) is 0 Å². The molecule has 28 heteroatoms. The molecule has 0 amide bonds. The maximum atomic E-state index is 14.1. The summed E-state index contributed by atoms with van der Waals surface area (Å²) < 4.78 is 74.2. The molecule has 0 aromatic heterocycles. The molecule has 0 radical (unpaired) electrons. The Labute approximate surface area is 606 Å². The van der Waals surface area contributed by atoms with Gasteiger partial charge >= 0.3 is 11.9 Å². The lowest BCUT2D eigenvalue weighted by Gasteiger charge is -2.49. The molecule has 0 aliphatic carbocycles. The van der Waals surface area contributed by atoms with Crippen LogP contribution in [0.1, 0.15) is 190 Å². The quantitative estimate of drug-likeness (QED) is 0.111. The number of Topliss-reactive ketones (excluding diaryl/α,β-unsaturated/α-hetero) is 1. The number of hydrogen-bond donors (Lipinski definition) is 11. The van der Waals surface area contributed by atoms with Crippen LogP contribution in [0.25, 0.3) is 0 Å². The zero-order chi connectivity index (χ0) is 77.9. The molecule has 6 aliphatic heterocycles. The number of rotatable bonds is 14. The molecule has 28 nitrogen and oxygen atoms in total. The number of cyclic esters (lactones) is 2. The molecule has 102 heavy (non-hydrogen) atoms. The SMILES string of the molecule is CC[C@H]1OC(=O)[C@H](C)[C@@H](O[C@H]2C[C@@](C)(OC)[C@@H](O)[C@H](C)O2)[C@H](C)[C@@H](O[C@@H]2O[C@H](C)C[C@H](N(C)C)[C@H]2O)[C@](C)(O)C[C@@H](C)C(=O)[C@H](C)[C@@H](O)[C@]1(C)O.CC[C@H]1OC(=O)[C@H](C)[C@@H](O[C@H]2C[C@@](C)(OC)[C@@H](O)[C@H](C)O2)[C@H](C)[C@@H](O[C@@H]2O[C@H](C)C[C@H](N(C)C)[C@H]2O)[C@](C)(O)C[C@@H](C)[C@H](O)[C@H](C)[C@@H](O)[C@]1(C)O. The first kappa shape index (κ1) is 90.3. The van der Waals surface area contributed by atoms with Gasteiger partial charge in [0.15, 0.2) is 25.2 Å². The normalized spacial score (nSPS) is 50.5. The highest BCUT2D eigenvalue weighted by atomic mass is 16.7. The first-order valence-electron chi connectivity index (χ1n) is 37.1. The molecular weight excluding hydrogens is 1330 g/mol. The van der Waals surface area contributed by atoms with Crippen molar-refractivity contribution in [3.8, 4) is 0 Å². The summed E-state index contributed by atoms with van der Waals surface area (Å²) in [5.74, 6) is -9.08. The first-order valence-corrected chi connectivity index (χ1v) is 37.1. The maximum absolute atomic E-state index is 14.1. The van der Waals surface area contributed by atoms with Crippen LogP contribution in [0, 0.1) is 47.3 Å². The lowest BCUT2D eigenvalue weighted by atomic mass is 9.73. The van der Waals surface area contributed by atoms with Gasteiger partial charge in [0, 0.05) is 68.7 Å². The Kier molecular flexibility index (Phi) is 31.9. The highest BCUT2D eigenvalue weighted by molar-refractivity contribution is 5.83. The Morgan fingerprint density at radius 2 is 0.804 bits per heavy atom. The van der Waals surface area contributed by atoms with E-state index in [0.717, 1.165) is 0 Å². The van der Waals surface area contributed by atoms with Gasteiger partial charge in [-0.25, -0.2) is 0 Å². The number of hydrogen-bond acceptors (Lipinski definition) is 28. The molecule has 6 heterocycles. The summed E-state index contributed by atoms with van der Waals surface area (Å²) in [6.07, 6.45) is -20.2. The molecule has 0 aromatic rings. The molecule has 0 spiro atoms. The number of likely N-dealkylation sites (N-methyl/N-ethyl adjacent to an activating group) is 2. The second kappa shape index (κ2) is 36.0. The molecule has 598 valence electrons. The third kappa shape index (κ3) is 20.4. The minimum atomic E-state index is -1.99. The third-order valence-corrected chi connectivity index (χ3v) is 23.9. The van der Waals surface area contributed by atoms with Crippen LogP contribution in [0.15, 0.2) is 0 Å². The summed E-state index contributed by atoms with van der Waals surface area (Å²) in [5, 5.41) is 127. The van der Waals surface area contributed by atoms with E-state index in [4.69, 9.17) is 56.8 Å². The maximum Gasteiger partial charge on any atom is 0.311 e. The fourth-order valence-electron chi connectivity index (χ4n) is 17.0. The van der Waals surface area contributed by atoms with Crippen LogP contribution in [-0.2, 0) is 71.2 Å². The first-order chi connectivity index (χ1) is 46.9. The minimum absolute atomic E-state index is 0.0362. The van der Waals surface area contributed by atoms with Crippen LogP contribution >= 0.6 is 0 Å². The Balaban J connectivity index is 0.000000367. The summed E-state index contributed by atoms with van der Waals surface area (Å²) in [7, 11) is 10.4. The van der Waals surface area contributed by atoms with Crippen LogP contribution in [0.4, 0.5) is 0 Å². The van der Waals surface area contributed by atoms with Crippen LogP contribution in [-0.4, -0.2) is 301 Å². The van der Waals surface area contributed by atoms with Crippen molar-refractivity contribution in [2.45, 2.75) is 364 Å². The predicted molar refractivity (Wildman–Crippen MR) is 374 cm³/mol. The predicted octanol–water partition coefficient (Wildman–Crippen LogP) is 3.36. The molecule has 0 saturated carbocycles. The summed E-state index contributed by atoms with van der Waals surface area (Å²) in [5.41, 5.74) is -9.55. The van der Waals surface area contributed by atoms with E-state index in [-0.39, 0.29) is 62.8 Å². The largest absolute Gasteiger partial charge is 0.459 e. The van der Waals surface area contributed by atoms with Crippen molar-refractivity contribution in [2.75, 3.05) is 42.4 Å². The molecule has 37 atom stereocenters. The smallest absolute Gasteiger partial charge is 0.311 e. The van der Waals surface area contributed by atoms with E-state index >= 15 is 0 Å². The van der Waals surface area contributed by atoms with E-state index in [1.165, 1.54) is 41.9 Å². The molecule has 6 rings (SSSR count). The van der Waals surface area contributed by atoms with Crippen molar-refractivity contribution < 1.29 is 127 Å². The Bertz CT molecular complexity index is 2640. The van der Waals surface area contributed by atoms with Crippen molar-refractivity contribution in [3.05, 3.63) is 0 Å². The number of ether oxygens (including phenoxy) is 12. The summed E-state index contributed by atoms with van der Waals surface area (Å²) in [6, 6.07) is -0.633. The summed E-state index contributed by atoms with van der Waals surface area (Å²) >= 11 is 0. The van der Waals surface area contributed by atoms with E-state index < -0.39 is 215 Å². The molecule has 6 aliphatic rings. The number of ketones is 1. The zero-order valence-electron chi connectivity index (χ0n) is 66.0. The van der Waals surface area contributed by atoms with Crippen LogP contribution < -0.4 is 0 Å². The zero-order valence-corrected chi connectivity index (χ0v) is 66.0. The van der Waals surface area contributed by atoms with Gasteiger partial charge in [0.25, 0.3) is 0 Å². The van der Waals surface area contributed by atoms with Gasteiger partial charge in [-0.3, -0.25) is 14.4 Å².